The Hall–Kier alpha value is -3.93. The molecular formula is C19H16F3N5O4. The van der Waals surface area contributed by atoms with Gasteiger partial charge in [0.25, 0.3) is 5.69 Å². The van der Waals surface area contributed by atoms with Crippen molar-refractivity contribution in [1.29, 1.82) is 0 Å². The molecule has 0 radical (unpaired) electrons. The molecular weight excluding hydrogens is 419 g/mol. The smallest absolute Gasteiger partial charge is 0.406 e. The zero-order valence-corrected chi connectivity index (χ0v) is 15.8. The number of hydrogen-bond acceptors (Lipinski definition) is 8. The topological polar surface area (TPSA) is 122 Å². The quantitative estimate of drug-likeness (QED) is 0.357. The predicted molar refractivity (Wildman–Crippen MR) is 106 cm³/mol. The minimum Gasteiger partial charge on any atom is -0.406 e. The maximum Gasteiger partial charge on any atom is 0.573 e. The van der Waals surface area contributed by atoms with E-state index < -0.39 is 17.0 Å². The van der Waals surface area contributed by atoms with Gasteiger partial charge in [-0.2, -0.15) is 4.98 Å². The molecule has 2 aromatic carbocycles. The van der Waals surface area contributed by atoms with Gasteiger partial charge in [-0.15, -0.1) is 13.2 Å². The molecule has 1 aromatic heterocycles. The number of non-ortho nitro benzene ring substituents is 1. The summed E-state index contributed by atoms with van der Waals surface area (Å²) in [7, 11) is 0. The summed E-state index contributed by atoms with van der Waals surface area (Å²) < 4.78 is 41.5. The lowest BCUT2D eigenvalue weighted by Crippen LogP contribution is -2.17. The molecule has 3 rings (SSSR count). The summed E-state index contributed by atoms with van der Waals surface area (Å²) in [5.41, 5.74) is 1.04. The van der Waals surface area contributed by atoms with E-state index >= 15 is 0 Å². The lowest BCUT2D eigenvalue weighted by molar-refractivity contribution is -0.384. The largest absolute Gasteiger partial charge is 0.573 e. The van der Waals surface area contributed by atoms with Crippen molar-refractivity contribution in [2.75, 3.05) is 23.8 Å². The number of nitrogens with zero attached hydrogens (tertiary/aromatic N) is 3. The molecule has 0 unspecified atom stereocenters. The van der Waals surface area contributed by atoms with E-state index in [0.29, 0.717) is 11.3 Å². The van der Waals surface area contributed by atoms with Crippen molar-refractivity contribution in [3.63, 3.8) is 0 Å². The monoisotopic (exact) mass is 435 g/mol. The SMILES string of the molecule is O=[N+]([O-])c1ccc(Nc2cc(-c3cccc(OC(F)(F)F)c3)nc(NCCO)n2)cc1. The van der Waals surface area contributed by atoms with Crippen LogP contribution >= 0.6 is 0 Å². The highest BCUT2D eigenvalue weighted by Gasteiger charge is 2.31. The molecule has 162 valence electrons. The van der Waals surface area contributed by atoms with Crippen LogP contribution in [0.25, 0.3) is 11.3 Å². The number of nitro benzene ring substituents is 1. The second-order valence-corrected chi connectivity index (χ2v) is 6.12. The third-order valence-electron chi connectivity index (χ3n) is 3.83. The first-order valence-corrected chi connectivity index (χ1v) is 8.85. The fourth-order valence-electron chi connectivity index (χ4n) is 2.57. The lowest BCUT2D eigenvalue weighted by atomic mass is 10.1. The highest BCUT2D eigenvalue weighted by atomic mass is 19.4. The Morgan fingerprint density at radius 2 is 1.84 bits per heavy atom. The molecule has 0 fully saturated rings. The van der Waals surface area contributed by atoms with Crippen LogP contribution in [0.3, 0.4) is 0 Å². The molecule has 0 saturated heterocycles. The molecule has 0 bridgehead atoms. The van der Waals surface area contributed by atoms with Crippen LogP contribution < -0.4 is 15.4 Å². The van der Waals surface area contributed by atoms with Gasteiger partial charge < -0.3 is 20.5 Å². The zero-order chi connectivity index (χ0) is 22.4. The van der Waals surface area contributed by atoms with Crippen molar-refractivity contribution in [3.8, 4) is 17.0 Å². The van der Waals surface area contributed by atoms with Gasteiger partial charge in [-0.3, -0.25) is 10.1 Å². The Morgan fingerprint density at radius 1 is 1.10 bits per heavy atom. The summed E-state index contributed by atoms with van der Waals surface area (Å²) in [6.07, 6.45) is -4.83. The van der Waals surface area contributed by atoms with Crippen molar-refractivity contribution >= 4 is 23.1 Å². The third kappa shape index (κ3) is 6.27. The molecule has 0 amide bonds. The number of benzene rings is 2. The Balaban J connectivity index is 1.93. The molecule has 3 N–H and O–H groups in total. The van der Waals surface area contributed by atoms with Gasteiger partial charge in [0.05, 0.1) is 17.2 Å². The Bertz CT molecular complexity index is 1060. The van der Waals surface area contributed by atoms with Gasteiger partial charge in [0.2, 0.25) is 5.95 Å². The average molecular weight is 435 g/mol. The van der Waals surface area contributed by atoms with Gasteiger partial charge in [-0.1, -0.05) is 12.1 Å². The summed E-state index contributed by atoms with van der Waals surface area (Å²) in [5, 5.41) is 25.6. The number of halogens is 3. The molecule has 0 aliphatic heterocycles. The normalized spacial score (nSPS) is 11.1. The zero-order valence-electron chi connectivity index (χ0n) is 15.8. The molecule has 0 aliphatic rings. The highest BCUT2D eigenvalue weighted by molar-refractivity contribution is 5.68. The lowest BCUT2D eigenvalue weighted by Gasteiger charge is -2.13. The van der Waals surface area contributed by atoms with E-state index in [-0.39, 0.29) is 36.3 Å². The summed E-state index contributed by atoms with van der Waals surface area (Å²) in [5.74, 6) is -0.00195. The first-order chi connectivity index (χ1) is 14.7. The molecule has 9 nitrogen and oxygen atoms in total. The van der Waals surface area contributed by atoms with Crippen molar-refractivity contribution in [2.24, 2.45) is 0 Å². The van der Waals surface area contributed by atoms with Crippen LogP contribution in [0.1, 0.15) is 0 Å². The predicted octanol–water partition coefficient (Wildman–Crippen LogP) is 4.10. The number of aliphatic hydroxyl groups excluding tert-OH is 1. The average Bonchev–Trinajstić information content (AvgIpc) is 2.71. The van der Waals surface area contributed by atoms with E-state index in [1.807, 2.05) is 0 Å². The summed E-state index contributed by atoms with van der Waals surface area (Å²) in [6.45, 7) is -0.0364. The molecule has 0 spiro atoms. The van der Waals surface area contributed by atoms with E-state index in [1.165, 1.54) is 48.5 Å². The van der Waals surface area contributed by atoms with Crippen molar-refractivity contribution in [3.05, 3.63) is 64.7 Å². The maximum absolute atomic E-state index is 12.5. The van der Waals surface area contributed by atoms with Crippen LogP contribution in [0.2, 0.25) is 0 Å². The standard InChI is InChI=1S/C19H16F3N5O4/c20-19(21,22)31-15-3-1-2-12(10-15)16-11-17(26-18(25-16)23-8-9-28)24-13-4-6-14(7-5-13)27(29)30/h1-7,10-11,28H,8-9H2,(H2,23,24,25,26). The van der Waals surface area contributed by atoms with Crippen LogP contribution in [-0.2, 0) is 0 Å². The molecule has 1 heterocycles. The summed E-state index contributed by atoms with van der Waals surface area (Å²) >= 11 is 0. The fraction of sp³-hybridized carbons (Fsp3) is 0.158. The van der Waals surface area contributed by atoms with Gasteiger partial charge in [0.1, 0.15) is 11.6 Å². The van der Waals surface area contributed by atoms with Crippen molar-refractivity contribution in [2.45, 2.75) is 6.36 Å². The number of anilines is 3. The second kappa shape index (κ2) is 9.26. The summed E-state index contributed by atoms with van der Waals surface area (Å²) in [4.78, 5) is 18.8. The van der Waals surface area contributed by atoms with Gasteiger partial charge in [-0.25, -0.2) is 4.98 Å². The van der Waals surface area contributed by atoms with Crippen molar-refractivity contribution in [1.82, 2.24) is 9.97 Å². The van der Waals surface area contributed by atoms with E-state index in [2.05, 4.69) is 25.3 Å². The molecule has 12 heteroatoms. The van der Waals surface area contributed by atoms with E-state index in [0.717, 1.165) is 0 Å². The van der Waals surface area contributed by atoms with Crippen molar-refractivity contribution < 1.29 is 27.9 Å². The molecule has 3 aromatic rings. The third-order valence-corrected chi connectivity index (χ3v) is 3.83. The van der Waals surface area contributed by atoms with Gasteiger partial charge >= 0.3 is 6.36 Å². The van der Waals surface area contributed by atoms with Gasteiger partial charge in [0.15, 0.2) is 0 Å². The number of ether oxygens (including phenoxy) is 1. The van der Waals surface area contributed by atoms with E-state index in [1.54, 1.807) is 6.07 Å². The molecule has 0 aliphatic carbocycles. The summed E-state index contributed by atoms with van der Waals surface area (Å²) in [6, 6.07) is 12.4. The Morgan fingerprint density at radius 3 is 2.48 bits per heavy atom. The van der Waals surface area contributed by atoms with E-state index in [9.17, 15) is 23.3 Å². The fourth-order valence-corrected chi connectivity index (χ4v) is 2.57. The van der Waals surface area contributed by atoms with Gasteiger partial charge in [-0.05, 0) is 24.3 Å². The second-order valence-electron chi connectivity index (χ2n) is 6.12. The first kappa shape index (κ1) is 21.8. The van der Waals surface area contributed by atoms with Crippen LogP contribution in [-0.4, -0.2) is 39.5 Å². The van der Waals surface area contributed by atoms with E-state index in [4.69, 9.17) is 5.11 Å². The van der Waals surface area contributed by atoms with Crippen LogP contribution in [0.4, 0.5) is 36.3 Å². The molecule has 31 heavy (non-hydrogen) atoms. The molecule has 0 atom stereocenters. The number of aromatic nitrogens is 2. The number of alkyl halides is 3. The highest BCUT2D eigenvalue weighted by Crippen LogP contribution is 2.29. The number of nitrogens with one attached hydrogen (secondary N) is 2. The van der Waals surface area contributed by atoms with Crippen LogP contribution in [0.5, 0.6) is 5.75 Å². The Labute approximate surface area is 173 Å². The minimum atomic E-state index is -4.83. The van der Waals surface area contributed by atoms with Crippen LogP contribution in [0.15, 0.2) is 54.6 Å². The Kier molecular flexibility index (Phi) is 6.50. The number of nitro groups is 1. The number of hydrogen-bond donors (Lipinski definition) is 3. The number of rotatable bonds is 8. The number of aliphatic hydroxyl groups is 1. The first-order valence-electron chi connectivity index (χ1n) is 8.85. The van der Waals surface area contributed by atoms with Crippen LogP contribution in [0, 0.1) is 10.1 Å². The minimum absolute atomic E-state index is 0.0827. The maximum atomic E-state index is 12.5. The molecule has 0 saturated carbocycles. The van der Waals surface area contributed by atoms with Gasteiger partial charge in [0, 0.05) is 36.0 Å².